The minimum Gasteiger partial charge on any atom is -0.385 e. The highest BCUT2D eigenvalue weighted by atomic mass is 16.5. The Morgan fingerprint density at radius 3 is 2.94 bits per heavy atom. The fourth-order valence-electron chi connectivity index (χ4n) is 1.24. The van der Waals surface area contributed by atoms with Gasteiger partial charge in [-0.15, -0.1) is 0 Å². The molecular formula is C11H9N3O2. The molecule has 2 aromatic rings. The first-order chi connectivity index (χ1) is 7.70. The number of hydrogen-bond acceptors (Lipinski definition) is 5. The van der Waals surface area contributed by atoms with Crippen molar-refractivity contribution in [3.05, 3.63) is 35.7 Å². The molecule has 0 aliphatic heterocycles. The molecule has 1 aromatic carbocycles. The van der Waals surface area contributed by atoms with Crippen molar-refractivity contribution in [3.8, 4) is 17.5 Å². The Morgan fingerprint density at radius 2 is 2.31 bits per heavy atom. The van der Waals surface area contributed by atoms with Gasteiger partial charge in [-0.05, 0) is 25.1 Å². The van der Waals surface area contributed by atoms with Crippen LogP contribution >= 0.6 is 0 Å². The summed E-state index contributed by atoms with van der Waals surface area (Å²) in [4.78, 5) is 4.02. The molecule has 1 heterocycles. The van der Waals surface area contributed by atoms with Crippen molar-refractivity contribution in [2.45, 2.75) is 13.0 Å². The van der Waals surface area contributed by atoms with E-state index >= 15 is 0 Å². The van der Waals surface area contributed by atoms with Gasteiger partial charge in [-0.25, -0.2) is 0 Å². The number of nitriles is 1. The summed E-state index contributed by atoms with van der Waals surface area (Å²) in [5.74, 6) is 0.533. The second-order valence-corrected chi connectivity index (χ2v) is 3.33. The molecule has 0 saturated heterocycles. The van der Waals surface area contributed by atoms with E-state index in [1.807, 2.05) is 6.07 Å². The third kappa shape index (κ3) is 1.92. The lowest BCUT2D eigenvalue weighted by Crippen LogP contribution is -1.92. The van der Waals surface area contributed by atoms with Gasteiger partial charge in [-0.2, -0.15) is 10.2 Å². The Bertz CT molecular complexity index is 540. The molecule has 0 bridgehead atoms. The van der Waals surface area contributed by atoms with Gasteiger partial charge < -0.3 is 9.63 Å². The molecule has 2 rings (SSSR count). The maximum Gasteiger partial charge on any atom is 0.258 e. The standard InChI is InChI=1S/C11H9N3O2/c1-7(15)10-13-11(16-14-10)9-4-2-3-8(5-9)6-12/h2-5,7,15H,1H3. The zero-order valence-electron chi connectivity index (χ0n) is 8.58. The van der Waals surface area contributed by atoms with Gasteiger partial charge in [0, 0.05) is 5.56 Å². The molecule has 16 heavy (non-hydrogen) atoms. The largest absolute Gasteiger partial charge is 0.385 e. The summed E-state index contributed by atoms with van der Waals surface area (Å²) in [5, 5.41) is 21.6. The van der Waals surface area contributed by atoms with Crippen LogP contribution in [0, 0.1) is 11.3 Å². The molecule has 0 saturated carbocycles. The van der Waals surface area contributed by atoms with Crippen LogP contribution in [0.15, 0.2) is 28.8 Å². The Kier molecular flexibility index (Phi) is 2.66. The number of nitrogens with zero attached hydrogens (tertiary/aromatic N) is 3. The molecule has 1 atom stereocenters. The monoisotopic (exact) mass is 215 g/mol. The molecule has 0 spiro atoms. The summed E-state index contributed by atoms with van der Waals surface area (Å²) in [6.45, 7) is 1.56. The van der Waals surface area contributed by atoms with Gasteiger partial charge in [0.05, 0.1) is 11.6 Å². The van der Waals surface area contributed by atoms with E-state index in [-0.39, 0.29) is 5.82 Å². The molecule has 80 valence electrons. The number of rotatable bonds is 2. The first-order valence-electron chi connectivity index (χ1n) is 4.73. The van der Waals surface area contributed by atoms with Gasteiger partial charge in [-0.1, -0.05) is 11.2 Å². The lowest BCUT2D eigenvalue weighted by atomic mass is 10.1. The normalized spacial score (nSPS) is 12.1. The van der Waals surface area contributed by atoms with Crippen molar-refractivity contribution >= 4 is 0 Å². The predicted molar refractivity (Wildman–Crippen MR) is 55.1 cm³/mol. The second kappa shape index (κ2) is 4.13. The Balaban J connectivity index is 2.39. The van der Waals surface area contributed by atoms with Crippen LogP contribution in [0.25, 0.3) is 11.5 Å². The molecule has 5 nitrogen and oxygen atoms in total. The van der Waals surface area contributed by atoms with Crippen LogP contribution in [-0.2, 0) is 0 Å². The molecule has 0 radical (unpaired) electrons. The molecule has 1 aromatic heterocycles. The van der Waals surface area contributed by atoms with E-state index in [9.17, 15) is 5.11 Å². The summed E-state index contributed by atoms with van der Waals surface area (Å²) in [6.07, 6.45) is -0.767. The molecule has 1 unspecified atom stereocenters. The average Bonchev–Trinajstić information content (AvgIpc) is 2.78. The fourth-order valence-corrected chi connectivity index (χ4v) is 1.24. The van der Waals surface area contributed by atoms with Gasteiger partial charge in [0.1, 0.15) is 6.10 Å². The zero-order valence-corrected chi connectivity index (χ0v) is 8.58. The smallest absolute Gasteiger partial charge is 0.258 e. The summed E-state index contributed by atoms with van der Waals surface area (Å²) in [7, 11) is 0. The highest BCUT2D eigenvalue weighted by Gasteiger charge is 2.12. The van der Waals surface area contributed by atoms with Gasteiger partial charge in [-0.3, -0.25) is 0 Å². The summed E-state index contributed by atoms with van der Waals surface area (Å²) >= 11 is 0. The van der Waals surface area contributed by atoms with E-state index in [0.717, 1.165) is 0 Å². The van der Waals surface area contributed by atoms with E-state index < -0.39 is 6.10 Å². The molecule has 1 N–H and O–H groups in total. The maximum atomic E-state index is 9.25. The number of aromatic nitrogens is 2. The second-order valence-electron chi connectivity index (χ2n) is 3.33. The number of benzene rings is 1. The van der Waals surface area contributed by atoms with Crippen LogP contribution in [0.5, 0.6) is 0 Å². The lowest BCUT2D eigenvalue weighted by Gasteiger charge is -1.94. The lowest BCUT2D eigenvalue weighted by molar-refractivity contribution is 0.184. The van der Waals surface area contributed by atoms with E-state index in [1.54, 1.807) is 31.2 Å². The van der Waals surface area contributed by atoms with Crippen molar-refractivity contribution in [2.24, 2.45) is 0 Å². The number of aliphatic hydroxyl groups excluding tert-OH is 1. The number of hydrogen-bond donors (Lipinski definition) is 1. The predicted octanol–water partition coefficient (Wildman–Crippen LogP) is 1.66. The highest BCUT2D eigenvalue weighted by molar-refractivity contribution is 5.55. The molecule has 0 aliphatic rings. The molecule has 5 heteroatoms. The Morgan fingerprint density at radius 1 is 1.50 bits per heavy atom. The van der Waals surface area contributed by atoms with Crippen molar-refractivity contribution in [2.75, 3.05) is 0 Å². The first-order valence-corrected chi connectivity index (χ1v) is 4.73. The first kappa shape index (κ1) is 10.3. The van der Waals surface area contributed by atoms with Crippen LogP contribution in [0.2, 0.25) is 0 Å². The van der Waals surface area contributed by atoms with Crippen molar-refractivity contribution < 1.29 is 9.63 Å². The van der Waals surface area contributed by atoms with Gasteiger partial charge in [0.2, 0.25) is 0 Å². The van der Waals surface area contributed by atoms with E-state index in [4.69, 9.17) is 9.78 Å². The highest BCUT2D eigenvalue weighted by Crippen LogP contribution is 2.19. The van der Waals surface area contributed by atoms with Gasteiger partial charge in [0.15, 0.2) is 5.82 Å². The average molecular weight is 215 g/mol. The van der Waals surface area contributed by atoms with Crippen molar-refractivity contribution in [3.63, 3.8) is 0 Å². The van der Waals surface area contributed by atoms with Crippen molar-refractivity contribution in [1.29, 1.82) is 5.26 Å². The third-order valence-electron chi connectivity index (χ3n) is 2.05. The van der Waals surface area contributed by atoms with Gasteiger partial charge in [0.25, 0.3) is 5.89 Å². The minimum absolute atomic E-state index is 0.234. The van der Waals surface area contributed by atoms with E-state index in [2.05, 4.69) is 10.1 Å². The van der Waals surface area contributed by atoms with E-state index in [0.29, 0.717) is 17.0 Å². The quantitative estimate of drug-likeness (QED) is 0.823. The van der Waals surface area contributed by atoms with Crippen LogP contribution in [0.4, 0.5) is 0 Å². The third-order valence-corrected chi connectivity index (χ3v) is 2.05. The van der Waals surface area contributed by atoms with Crippen LogP contribution in [-0.4, -0.2) is 15.2 Å². The molecule has 0 aliphatic carbocycles. The topological polar surface area (TPSA) is 82.9 Å². The Labute approximate surface area is 92.0 Å². The SMILES string of the molecule is CC(O)c1noc(-c2cccc(C#N)c2)n1. The molecule has 0 amide bonds. The molecular weight excluding hydrogens is 206 g/mol. The number of aliphatic hydroxyl groups is 1. The summed E-state index contributed by atoms with van der Waals surface area (Å²) < 4.78 is 4.98. The maximum absolute atomic E-state index is 9.25. The van der Waals surface area contributed by atoms with E-state index in [1.165, 1.54) is 0 Å². The zero-order chi connectivity index (χ0) is 11.5. The van der Waals surface area contributed by atoms with Gasteiger partial charge >= 0.3 is 0 Å². The van der Waals surface area contributed by atoms with Crippen LogP contribution < -0.4 is 0 Å². The summed E-state index contributed by atoms with van der Waals surface area (Å²) in [6, 6.07) is 8.87. The van der Waals surface area contributed by atoms with Crippen LogP contribution in [0.1, 0.15) is 24.4 Å². The fraction of sp³-hybridized carbons (Fsp3) is 0.182. The van der Waals surface area contributed by atoms with Crippen LogP contribution in [0.3, 0.4) is 0 Å². The molecule has 0 fully saturated rings. The Hall–Kier alpha value is -2.19. The minimum atomic E-state index is -0.767. The van der Waals surface area contributed by atoms with Crippen molar-refractivity contribution in [1.82, 2.24) is 10.1 Å². The summed E-state index contributed by atoms with van der Waals surface area (Å²) in [5.41, 5.74) is 1.19.